The topological polar surface area (TPSA) is 64.3 Å². The first-order chi connectivity index (χ1) is 6.78. The number of carbonyl (C=O) groups is 1. The molecule has 0 spiro atoms. The van der Waals surface area contributed by atoms with E-state index in [2.05, 4.69) is 5.32 Å². The van der Waals surface area contributed by atoms with Gasteiger partial charge in [0.1, 0.15) is 0 Å². The Morgan fingerprint density at radius 1 is 1.40 bits per heavy atom. The second kappa shape index (κ2) is 6.08. The summed E-state index contributed by atoms with van der Waals surface area (Å²) in [4.78, 5) is 11.3. The van der Waals surface area contributed by atoms with Gasteiger partial charge in [0.05, 0.1) is 11.6 Å². The third-order valence-corrected chi connectivity index (χ3v) is 2.20. The highest BCUT2D eigenvalue weighted by Crippen LogP contribution is 2.11. The zero-order valence-electron chi connectivity index (χ0n) is 10.5. The van der Waals surface area contributed by atoms with E-state index in [1.54, 1.807) is 0 Å². The van der Waals surface area contributed by atoms with Crippen LogP contribution in [-0.2, 0) is 9.53 Å². The van der Waals surface area contributed by atoms with E-state index < -0.39 is 5.54 Å². The van der Waals surface area contributed by atoms with Crippen LogP contribution < -0.4 is 11.1 Å². The monoisotopic (exact) mass is 216 g/mol. The highest BCUT2D eigenvalue weighted by molar-refractivity contribution is 5.84. The molecule has 0 aliphatic rings. The first-order valence-electron chi connectivity index (χ1n) is 5.47. The number of ether oxygens (including phenoxy) is 1. The van der Waals surface area contributed by atoms with Crippen LogP contribution in [0, 0.1) is 0 Å². The maximum Gasteiger partial charge on any atom is 0.237 e. The van der Waals surface area contributed by atoms with Gasteiger partial charge in [0.15, 0.2) is 0 Å². The van der Waals surface area contributed by atoms with Crippen LogP contribution in [0.3, 0.4) is 0 Å². The van der Waals surface area contributed by atoms with Crippen LogP contribution in [0.5, 0.6) is 0 Å². The predicted octanol–water partition coefficient (Wildman–Crippen LogP) is 1.04. The number of amides is 1. The zero-order chi connectivity index (χ0) is 12.1. The number of rotatable bonds is 7. The van der Waals surface area contributed by atoms with Gasteiger partial charge in [-0.3, -0.25) is 4.79 Å². The van der Waals surface area contributed by atoms with E-state index in [-0.39, 0.29) is 18.1 Å². The second-order valence-electron chi connectivity index (χ2n) is 4.66. The first-order valence-corrected chi connectivity index (χ1v) is 5.47. The summed E-state index contributed by atoms with van der Waals surface area (Å²) < 4.78 is 5.42. The maximum atomic E-state index is 11.3. The Bertz CT molecular complexity index is 205. The van der Waals surface area contributed by atoms with E-state index in [4.69, 9.17) is 10.5 Å². The van der Waals surface area contributed by atoms with Crippen molar-refractivity contribution in [1.82, 2.24) is 5.32 Å². The zero-order valence-corrected chi connectivity index (χ0v) is 10.5. The van der Waals surface area contributed by atoms with Gasteiger partial charge in [0, 0.05) is 12.6 Å². The van der Waals surface area contributed by atoms with Crippen molar-refractivity contribution >= 4 is 5.91 Å². The van der Waals surface area contributed by atoms with Gasteiger partial charge in [-0.2, -0.15) is 0 Å². The van der Waals surface area contributed by atoms with E-state index >= 15 is 0 Å². The van der Waals surface area contributed by atoms with Gasteiger partial charge >= 0.3 is 0 Å². The molecule has 0 heterocycles. The van der Waals surface area contributed by atoms with Crippen molar-refractivity contribution in [2.24, 2.45) is 5.73 Å². The number of hydrogen-bond donors (Lipinski definition) is 2. The molecule has 1 amide bonds. The Balaban J connectivity index is 4.20. The van der Waals surface area contributed by atoms with E-state index in [0.29, 0.717) is 13.0 Å². The molecule has 0 fully saturated rings. The van der Waals surface area contributed by atoms with Crippen LogP contribution >= 0.6 is 0 Å². The van der Waals surface area contributed by atoms with Gasteiger partial charge in [0.2, 0.25) is 5.91 Å². The molecule has 1 unspecified atom stereocenters. The van der Waals surface area contributed by atoms with Crippen molar-refractivity contribution < 1.29 is 9.53 Å². The highest BCUT2D eigenvalue weighted by Gasteiger charge is 2.30. The lowest BCUT2D eigenvalue weighted by Crippen LogP contribution is -2.56. The molecular formula is C11H24N2O2. The van der Waals surface area contributed by atoms with E-state index in [1.807, 2.05) is 34.6 Å². The van der Waals surface area contributed by atoms with Gasteiger partial charge in [-0.05, 0) is 41.0 Å². The Kier molecular flexibility index (Phi) is 5.83. The van der Waals surface area contributed by atoms with E-state index in [9.17, 15) is 4.79 Å². The normalized spacial score (nSPS) is 15.7. The van der Waals surface area contributed by atoms with Crippen molar-refractivity contribution in [3.63, 3.8) is 0 Å². The molecule has 1 atom stereocenters. The number of nitrogens with two attached hydrogens (primary N) is 1. The minimum atomic E-state index is -0.678. The lowest BCUT2D eigenvalue weighted by molar-refractivity contribution is -0.125. The Labute approximate surface area is 92.6 Å². The molecule has 0 saturated carbocycles. The van der Waals surface area contributed by atoms with Crippen molar-refractivity contribution in [2.45, 2.75) is 58.7 Å². The summed E-state index contributed by atoms with van der Waals surface area (Å²) in [6, 6.07) is 0.224. The fourth-order valence-corrected chi connectivity index (χ4v) is 1.40. The van der Waals surface area contributed by atoms with Crippen LogP contribution in [0.1, 0.15) is 41.0 Å². The molecule has 0 bridgehead atoms. The minimum absolute atomic E-state index is 0.182. The molecular weight excluding hydrogens is 192 g/mol. The molecule has 0 aliphatic carbocycles. The average molecular weight is 216 g/mol. The summed E-state index contributed by atoms with van der Waals surface area (Å²) in [6.07, 6.45) is 0.778. The molecule has 0 aromatic rings. The largest absolute Gasteiger partial charge is 0.379 e. The summed E-state index contributed by atoms with van der Waals surface area (Å²) in [5.41, 5.74) is 4.70. The molecule has 0 saturated heterocycles. The molecule has 15 heavy (non-hydrogen) atoms. The van der Waals surface area contributed by atoms with Gasteiger partial charge in [-0.15, -0.1) is 0 Å². The van der Waals surface area contributed by atoms with Crippen LogP contribution in [-0.4, -0.2) is 30.2 Å². The van der Waals surface area contributed by atoms with Crippen LogP contribution in [0.4, 0.5) is 0 Å². The standard InChI is InChI=1S/C11H24N2O2/c1-8(2)13-11(5,10(12)14)6-7-15-9(3)4/h8-9,13H,6-7H2,1-5H3,(H2,12,14). The SMILES string of the molecule is CC(C)NC(C)(CCOC(C)C)C(N)=O. The van der Waals surface area contributed by atoms with Crippen molar-refractivity contribution in [3.05, 3.63) is 0 Å². The second-order valence-corrected chi connectivity index (χ2v) is 4.66. The molecule has 0 aromatic carbocycles. The lowest BCUT2D eigenvalue weighted by atomic mass is 9.96. The Morgan fingerprint density at radius 2 is 1.93 bits per heavy atom. The molecule has 0 aliphatic heterocycles. The lowest BCUT2D eigenvalue weighted by Gasteiger charge is -2.30. The number of primary amides is 1. The number of hydrogen-bond acceptors (Lipinski definition) is 3. The van der Waals surface area contributed by atoms with Crippen molar-refractivity contribution in [1.29, 1.82) is 0 Å². The van der Waals surface area contributed by atoms with E-state index in [1.165, 1.54) is 0 Å². The third-order valence-electron chi connectivity index (χ3n) is 2.20. The highest BCUT2D eigenvalue weighted by atomic mass is 16.5. The van der Waals surface area contributed by atoms with Crippen LogP contribution in [0.25, 0.3) is 0 Å². The molecule has 0 radical (unpaired) electrons. The van der Waals surface area contributed by atoms with Gasteiger partial charge in [-0.1, -0.05) is 0 Å². The summed E-state index contributed by atoms with van der Waals surface area (Å²) in [6.45, 7) is 10.3. The summed E-state index contributed by atoms with van der Waals surface area (Å²) in [7, 11) is 0. The molecule has 3 N–H and O–H groups in total. The number of nitrogens with one attached hydrogen (secondary N) is 1. The third kappa shape index (κ3) is 5.74. The fraction of sp³-hybridized carbons (Fsp3) is 0.909. The van der Waals surface area contributed by atoms with Gasteiger partial charge in [0.25, 0.3) is 0 Å². The predicted molar refractivity (Wildman–Crippen MR) is 61.6 cm³/mol. The first kappa shape index (κ1) is 14.4. The molecule has 90 valence electrons. The van der Waals surface area contributed by atoms with Gasteiger partial charge < -0.3 is 15.8 Å². The molecule has 4 nitrogen and oxygen atoms in total. The van der Waals surface area contributed by atoms with Gasteiger partial charge in [-0.25, -0.2) is 0 Å². The van der Waals surface area contributed by atoms with Crippen molar-refractivity contribution in [2.75, 3.05) is 6.61 Å². The van der Waals surface area contributed by atoms with Crippen LogP contribution in [0.2, 0.25) is 0 Å². The smallest absolute Gasteiger partial charge is 0.237 e. The summed E-state index contributed by atoms with van der Waals surface area (Å²) in [5.74, 6) is -0.330. The molecule has 4 heteroatoms. The molecule has 0 rings (SSSR count). The van der Waals surface area contributed by atoms with Crippen LogP contribution in [0.15, 0.2) is 0 Å². The Morgan fingerprint density at radius 3 is 2.27 bits per heavy atom. The fourth-order valence-electron chi connectivity index (χ4n) is 1.40. The minimum Gasteiger partial charge on any atom is -0.379 e. The Hall–Kier alpha value is -0.610. The maximum absolute atomic E-state index is 11.3. The van der Waals surface area contributed by atoms with Crippen molar-refractivity contribution in [3.8, 4) is 0 Å². The summed E-state index contributed by atoms with van der Waals surface area (Å²) in [5, 5.41) is 3.17. The quantitative estimate of drug-likeness (QED) is 0.668. The number of carbonyl (C=O) groups excluding carboxylic acids is 1. The van der Waals surface area contributed by atoms with E-state index in [0.717, 1.165) is 0 Å². The average Bonchev–Trinajstić information content (AvgIpc) is 2.01. The summed E-state index contributed by atoms with van der Waals surface area (Å²) >= 11 is 0. The molecule has 0 aromatic heterocycles.